The number of amides is 1. The Morgan fingerprint density at radius 3 is 2.85 bits per heavy atom. The van der Waals surface area contributed by atoms with Crippen LogP contribution in [0.25, 0.3) is 11.0 Å². The van der Waals surface area contributed by atoms with E-state index in [1.54, 1.807) is 24.5 Å². The third kappa shape index (κ3) is 4.99. The van der Waals surface area contributed by atoms with Crippen molar-refractivity contribution in [2.24, 2.45) is 0 Å². The number of rotatable bonds is 6. The number of pyridine rings is 1. The fraction of sp³-hybridized carbons (Fsp3) is 0.292. The van der Waals surface area contributed by atoms with Gasteiger partial charge in [-0.1, -0.05) is 12.1 Å². The molecule has 8 nitrogen and oxygen atoms in total. The van der Waals surface area contributed by atoms with Gasteiger partial charge in [0.25, 0.3) is 5.91 Å². The van der Waals surface area contributed by atoms with Gasteiger partial charge in [-0.3, -0.25) is 9.78 Å². The molecular weight excluding hydrogens is 436 g/mol. The Morgan fingerprint density at radius 2 is 2.06 bits per heavy atom. The van der Waals surface area contributed by atoms with Crippen LogP contribution in [-0.2, 0) is 6.42 Å². The maximum atomic E-state index is 13.1. The normalized spacial score (nSPS) is 16.0. The van der Waals surface area contributed by atoms with Crippen molar-refractivity contribution in [2.75, 3.05) is 18.4 Å². The maximum absolute atomic E-state index is 13.1. The summed E-state index contributed by atoms with van der Waals surface area (Å²) in [5.41, 5.74) is 4.35. The van der Waals surface area contributed by atoms with E-state index in [2.05, 4.69) is 30.0 Å². The highest BCUT2D eigenvalue weighted by molar-refractivity contribution is 7.06. The average molecular weight is 461 g/mol. The summed E-state index contributed by atoms with van der Waals surface area (Å²) >= 11 is 1.32. The largest absolute Gasteiger partial charge is 0.473 e. The third-order valence-electron chi connectivity index (χ3n) is 5.53. The Hall–Kier alpha value is -3.43. The van der Waals surface area contributed by atoms with Gasteiger partial charge < -0.3 is 15.4 Å². The molecular formula is C24H24N6O2S. The Labute approximate surface area is 195 Å². The van der Waals surface area contributed by atoms with Gasteiger partial charge >= 0.3 is 0 Å². The molecule has 2 N–H and O–H groups in total. The first kappa shape index (κ1) is 21.4. The van der Waals surface area contributed by atoms with Gasteiger partial charge in [-0.15, -0.1) is 0 Å². The second-order valence-corrected chi connectivity index (χ2v) is 8.88. The topological polar surface area (TPSA) is 102 Å². The molecule has 4 heterocycles. The van der Waals surface area contributed by atoms with Crippen molar-refractivity contribution in [1.29, 1.82) is 0 Å². The summed E-state index contributed by atoms with van der Waals surface area (Å²) in [4.78, 5) is 27.4. The Kier molecular flexibility index (Phi) is 6.23. The fourth-order valence-electron chi connectivity index (χ4n) is 3.88. The number of carbonyl (C=O) groups excluding carboxylic acids is 1. The van der Waals surface area contributed by atoms with Gasteiger partial charge in [-0.05, 0) is 56.0 Å². The number of piperidine rings is 1. The number of anilines is 1. The molecule has 1 aliphatic heterocycles. The molecule has 0 radical (unpaired) electrons. The number of nitrogens with zero attached hydrogens (tertiary/aromatic N) is 4. The quantitative estimate of drug-likeness (QED) is 0.452. The van der Waals surface area contributed by atoms with E-state index >= 15 is 0 Å². The second kappa shape index (κ2) is 9.60. The molecule has 168 valence electrons. The van der Waals surface area contributed by atoms with E-state index in [-0.39, 0.29) is 12.0 Å². The zero-order valence-electron chi connectivity index (χ0n) is 18.2. The number of carbonyl (C=O) groups is 1. The van der Waals surface area contributed by atoms with E-state index in [1.165, 1.54) is 11.5 Å². The molecule has 1 atom stereocenters. The lowest BCUT2D eigenvalue weighted by molar-refractivity contribution is 0.102. The summed E-state index contributed by atoms with van der Waals surface area (Å²) < 4.78 is 10.3. The summed E-state index contributed by atoms with van der Waals surface area (Å²) in [6, 6.07) is 11.3. The number of nitrogens with one attached hydrogen (secondary N) is 2. The molecule has 1 saturated heterocycles. The Morgan fingerprint density at radius 1 is 1.18 bits per heavy atom. The molecule has 1 fully saturated rings. The molecule has 1 aliphatic rings. The van der Waals surface area contributed by atoms with Crippen LogP contribution < -0.4 is 15.4 Å². The van der Waals surface area contributed by atoms with Crippen LogP contribution in [0.1, 0.15) is 39.5 Å². The maximum Gasteiger partial charge on any atom is 0.258 e. The first-order chi connectivity index (χ1) is 16.2. The number of fused-ring (bicyclic) bond motifs is 1. The molecule has 1 unspecified atom stereocenters. The molecule has 1 amide bonds. The highest BCUT2D eigenvalue weighted by Crippen LogP contribution is 2.24. The predicted octanol–water partition coefficient (Wildman–Crippen LogP) is 3.76. The zero-order chi connectivity index (χ0) is 22.6. The molecule has 4 aromatic rings. The number of aromatic nitrogens is 4. The molecule has 5 rings (SSSR count). The molecule has 0 bridgehead atoms. The van der Waals surface area contributed by atoms with Crippen molar-refractivity contribution in [3.8, 4) is 5.88 Å². The minimum atomic E-state index is -0.211. The third-order valence-corrected chi connectivity index (χ3v) is 6.47. The zero-order valence-corrected chi connectivity index (χ0v) is 19.1. The second-order valence-electron chi connectivity index (χ2n) is 8.02. The molecule has 3 aromatic heterocycles. The predicted molar refractivity (Wildman–Crippen MR) is 128 cm³/mol. The van der Waals surface area contributed by atoms with E-state index in [9.17, 15) is 4.79 Å². The monoisotopic (exact) mass is 460 g/mol. The van der Waals surface area contributed by atoms with E-state index < -0.39 is 0 Å². The summed E-state index contributed by atoms with van der Waals surface area (Å²) in [7, 11) is 0. The van der Waals surface area contributed by atoms with Gasteiger partial charge in [0.1, 0.15) is 6.10 Å². The van der Waals surface area contributed by atoms with Crippen LogP contribution in [0.15, 0.2) is 48.8 Å². The van der Waals surface area contributed by atoms with Gasteiger partial charge in [0.2, 0.25) is 5.88 Å². The summed E-state index contributed by atoms with van der Waals surface area (Å²) in [6.45, 7) is 3.70. The molecule has 0 saturated carbocycles. The smallest absolute Gasteiger partial charge is 0.258 e. The summed E-state index contributed by atoms with van der Waals surface area (Å²) in [5.74, 6) is 0.350. The molecule has 0 aliphatic carbocycles. The number of para-hydroxylation sites is 2. The molecule has 9 heteroatoms. The standard InChI is InChI=1S/C24H24N6O2S/c1-15-23(21(33-30-15)11-17-13-26-19-6-2-3-7-20(19)28-17)24(31)29-16-8-9-22(27-12-16)32-18-5-4-10-25-14-18/h2-3,6-9,12-13,18,25H,4-5,10-11,14H2,1H3,(H,29,31). The number of ether oxygens (including phenoxy) is 1. The van der Waals surface area contributed by atoms with Crippen molar-refractivity contribution in [1.82, 2.24) is 24.6 Å². The lowest BCUT2D eigenvalue weighted by Crippen LogP contribution is -2.37. The lowest BCUT2D eigenvalue weighted by atomic mass is 10.1. The SMILES string of the molecule is Cc1nsc(Cc2cnc3ccccc3n2)c1C(=O)Nc1ccc(OC2CCCNC2)nc1. The van der Waals surface area contributed by atoms with Crippen molar-refractivity contribution in [2.45, 2.75) is 32.3 Å². The summed E-state index contributed by atoms with van der Waals surface area (Å²) in [5, 5.41) is 6.25. The minimum absolute atomic E-state index is 0.131. The van der Waals surface area contributed by atoms with Crippen LogP contribution in [0.4, 0.5) is 5.69 Å². The Balaban J connectivity index is 1.28. The van der Waals surface area contributed by atoms with E-state index in [0.29, 0.717) is 29.2 Å². The van der Waals surface area contributed by atoms with E-state index in [1.807, 2.05) is 31.2 Å². The summed E-state index contributed by atoms with van der Waals surface area (Å²) in [6.07, 6.45) is 6.11. The number of benzene rings is 1. The highest BCUT2D eigenvalue weighted by atomic mass is 32.1. The number of aryl methyl sites for hydroxylation is 1. The van der Waals surface area contributed by atoms with Gasteiger partial charge in [0.15, 0.2) is 0 Å². The van der Waals surface area contributed by atoms with Crippen LogP contribution in [0.2, 0.25) is 0 Å². The van der Waals surface area contributed by atoms with Crippen molar-refractivity contribution < 1.29 is 9.53 Å². The average Bonchev–Trinajstić information content (AvgIpc) is 3.21. The fourth-order valence-corrected chi connectivity index (χ4v) is 4.76. The lowest BCUT2D eigenvalue weighted by Gasteiger charge is -2.23. The van der Waals surface area contributed by atoms with Gasteiger partial charge in [-0.25, -0.2) is 9.97 Å². The Bertz CT molecular complexity index is 1270. The first-order valence-electron chi connectivity index (χ1n) is 11.0. The van der Waals surface area contributed by atoms with Crippen LogP contribution in [0.3, 0.4) is 0 Å². The number of hydrogen-bond acceptors (Lipinski definition) is 8. The van der Waals surface area contributed by atoms with Crippen molar-refractivity contribution >= 4 is 34.2 Å². The first-order valence-corrected chi connectivity index (χ1v) is 11.7. The van der Waals surface area contributed by atoms with E-state index in [4.69, 9.17) is 4.74 Å². The molecule has 33 heavy (non-hydrogen) atoms. The minimum Gasteiger partial charge on any atom is -0.473 e. The van der Waals surface area contributed by atoms with Crippen molar-refractivity contribution in [3.63, 3.8) is 0 Å². The van der Waals surface area contributed by atoms with Crippen LogP contribution in [0, 0.1) is 6.92 Å². The molecule has 0 spiro atoms. The van der Waals surface area contributed by atoms with Crippen LogP contribution in [0.5, 0.6) is 5.88 Å². The number of hydrogen-bond donors (Lipinski definition) is 2. The van der Waals surface area contributed by atoms with Gasteiger partial charge in [0.05, 0.1) is 39.9 Å². The molecule has 1 aromatic carbocycles. The van der Waals surface area contributed by atoms with Gasteiger partial charge in [0, 0.05) is 30.1 Å². The van der Waals surface area contributed by atoms with Gasteiger partial charge in [-0.2, -0.15) is 4.37 Å². The van der Waals surface area contributed by atoms with E-state index in [0.717, 1.165) is 47.5 Å². The van der Waals surface area contributed by atoms with Crippen LogP contribution in [-0.4, -0.2) is 44.4 Å². The van der Waals surface area contributed by atoms with Crippen LogP contribution >= 0.6 is 11.5 Å². The van der Waals surface area contributed by atoms with Crippen molar-refractivity contribution in [3.05, 3.63) is 70.6 Å². The highest BCUT2D eigenvalue weighted by Gasteiger charge is 2.20.